The van der Waals surface area contributed by atoms with Crippen molar-refractivity contribution in [3.63, 3.8) is 0 Å². The average molecular weight is 238 g/mol. The lowest BCUT2D eigenvalue weighted by atomic mass is 10.00. The summed E-state index contributed by atoms with van der Waals surface area (Å²) in [5.41, 5.74) is 6.88. The molecule has 0 bridgehead atoms. The first-order chi connectivity index (χ1) is 7.99. The number of aliphatic hydroxyl groups is 1. The van der Waals surface area contributed by atoms with E-state index < -0.39 is 6.10 Å². The van der Waals surface area contributed by atoms with Crippen LogP contribution in [0.3, 0.4) is 0 Å². The maximum Gasteiger partial charge on any atom is 0.115 e. The van der Waals surface area contributed by atoms with Crippen LogP contribution in [0.5, 0.6) is 5.75 Å². The van der Waals surface area contributed by atoms with Crippen molar-refractivity contribution >= 4 is 0 Å². The van der Waals surface area contributed by atoms with Crippen LogP contribution < -0.4 is 5.73 Å². The van der Waals surface area contributed by atoms with Crippen molar-refractivity contribution in [2.75, 3.05) is 20.6 Å². The first-order valence-corrected chi connectivity index (χ1v) is 5.85. The number of rotatable bonds is 6. The van der Waals surface area contributed by atoms with Gasteiger partial charge in [0.25, 0.3) is 0 Å². The summed E-state index contributed by atoms with van der Waals surface area (Å²) < 4.78 is 0. The third-order valence-corrected chi connectivity index (χ3v) is 2.75. The molecule has 1 aromatic rings. The van der Waals surface area contributed by atoms with Gasteiger partial charge in [-0.15, -0.1) is 0 Å². The SMILES string of the molecule is CN(C)CCC(O)C(N)Cc1cccc(O)c1. The second-order valence-electron chi connectivity index (χ2n) is 4.70. The van der Waals surface area contributed by atoms with Crippen LogP contribution >= 0.6 is 0 Å². The summed E-state index contributed by atoms with van der Waals surface area (Å²) in [5.74, 6) is 0.234. The summed E-state index contributed by atoms with van der Waals surface area (Å²) in [6.45, 7) is 0.814. The summed E-state index contributed by atoms with van der Waals surface area (Å²) in [6, 6.07) is 6.69. The molecule has 0 radical (unpaired) electrons. The van der Waals surface area contributed by atoms with Crippen molar-refractivity contribution in [1.82, 2.24) is 4.90 Å². The van der Waals surface area contributed by atoms with E-state index in [0.29, 0.717) is 12.8 Å². The van der Waals surface area contributed by atoms with Gasteiger partial charge in [-0.25, -0.2) is 0 Å². The number of phenolic OH excluding ortho intramolecular Hbond substituents is 1. The second-order valence-corrected chi connectivity index (χ2v) is 4.70. The zero-order chi connectivity index (χ0) is 12.8. The van der Waals surface area contributed by atoms with Gasteiger partial charge in [0.05, 0.1) is 6.10 Å². The van der Waals surface area contributed by atoms with E-state index in [1.54, 1.807) is 18.2 Å². The monoisotopic (exact) mass is 238 g/mol. The minimum Gasteiger partial charge on any atom is -0.508 e. The van der Waals surface area contributed by atoms with Crippen LogP contribution in [0.25, 0.3) is 0 Å². The molecule has 0 amide bonds. The lowest BCUT2D eigenvalue weighted by Gasteiger charge is -2.20. The van der Waals surface area contributed by atoms with Crippen molar-refractivity contribution < 1.29 is 10.2 Å². The number of nitrogens with two attached hydrogens (primary N) is 1. The van der Waals surface area contributed by atoms with Gasteiger partial charge in [-0.3, -0.25) is 0 Å². The molecular formula is C13H22N2O2. The summed E-state index contributed by atoms with van der Waals surface area (Å²) >= 11 is 0. The van der Waals surface area contributed by atoms with Crippen molar-refractivity contribution in [3.05, 3.63) is 29.8 Å². The standard InChI is InChI=1S/C13H22N2O2/c1-15(2)7-6-13(17)12(14)9-10-4-3-5-11(16)8-10/h3-5,8,12-13,16-17H,6-7,9,14H2,1-2H3. The van der Waals surface area contributed by atoms with E-state index in [9.17, 15) is 10.2 Å². The van der Waals surface area contributed by atoms with Gasteiger partial charge in [0.1, 0.15) is 5.75 Å². The van der Waals surface area contributed by atoms with Gasteiger partial charge < -0.3 is 20.8 Å². The molecule has 4 nitrogen and oxygen atoms in total. The Morgan fingerprint density at radius 3 is 2.65 bits per heavy atom. The first-order valence-electron chi connectivity index (χ1n) is 5.85. The molecule has 0 aliphatic carbocycles. The summed E-state index contributed by atoms with van der Waals surface area (Å²) in [4.78, 5) is 2.02. The highest BCUT2D eigenvalue weighted by molar-refractivity contribution is 5.27. The Balaban J connectivity index is 2.45. The highest BCUT2D eigenvalue weighted by Crippen LogP contribution is 2.13. The molecule has 17 heavy (non-hydrogen) atoms. The van der Waals surface area contributed by atoms with E-state index in [2.05, 4.69) is 0 Å². The number of hydrogen-bond donors (Lipinski definition) is 3. The molecular weight excluding hydrogens is 216 g/mol. The molecule has 96 valence electrons. The van der Waals surface area contributed by atoms with Crippen LogP contribution in [0.2, 0.25) is 0 Å². The molecule has 4 N–H and O–H groups in total. The number of aliphatic hydroxyl groups excluding tert-OH is 1. The van der Waals surface area contributed by atoms with Crippen LogP contribution in [0.1, 0.15) is 12.0 Å². The van der Waals surface area contributed by atoms with Crippen LogP contribution in [0, 0.1) is 0 Å². The van der Waals surface area contributed by atoms with Gasteiger partial charge in [-0.1, -0.05) is 12.1 Å². The molecule has 0 saturated heterocycles. The Labute approximate surface area is 103 Å². The third kappa shape index (κ3) is 5.17. The fourth-order valence-corrected chi connectivity index (χ4v) is 1.70. The van der Waals surface area contributed by atoms with E-state index >= 15 is 0 Å². The zero-order valence-corrected chi connectivity index (χ0v) is 10.5. The van der Waals surface area contributed by atoms with Gasteiger partial charge in [-0.05, 0) is 44.6 Å². The minimum atomic E-state index is -0.514. The molecule has 1 rings (SSSR count). The average Bonchev–Trinajstić information content (AvgIpc) is 2.25. The molecule has 0 spiro atoms. The Hall–Kier alpha value is -1.10. The molecule has 4 heteroatoms. The Morgan fingerprint density at radius 1 is 1.35 bits per heavy atom. The van der Waals surface area contributed by atoms with Gasteiger partial charge >= 0.3 is 0 Å². The van der Waals surface area contributed by atoms with Gasteiger partial charge in [0.2, 0.25) is 0 Å². The third-order valence-electron chi connectivity index (χ3n) is 2.75. The van der Waals surface area contributed by atoms with E-state index in [0.717, 1.165) is 12.1 Å². The van der Waals surface area contributed by atoms with Crippen LogP contribution in [-0.4, -0.2) is 47.9 Å². The smallest absolute Gasteiger partial charge is 0.115 e. The van der Waals surface area contributed by atoms with Gasteiger partial charge in [-0.2, -0.15) is 0 Å². The van der Waals surface area contributed by atoms with Crippen molar-refractivity contribution in [2.24, 2.45) is 5.73 Å². The summed E-state index contributed by atoms with van der Waals surface area (Å²) in [5, 5.41) is 19.2. The number of nitrogens with zero attached hydrogens (tertiary/aromatic N) is 1. The molecule has 0 heterocycles. The second kappa shape index (κ2) is 6.59. The molecule has 2 unspecified atom stereocenters. The predicted octanol–water partition coefficient (Wildman–Crippen LogP) is 0.575. The molecule has 0 aliphatic rings. The Morgan fingerprint density at radius 2 is 2.06 bits per heavy atom. The van der Waals surface area contributed by atoms with Crippen LogP contribution in [0.15, 0.2) is 24.3 Å². The van der Waals surface area contributed by atoms with E-state index in [1.807, 2.05) is 25.1 Å². The van der Waals surface area contributed by atoms with Gasteiger partial charge in [0.15, 0.2) is 0 Å². The topological polar surface area (TPSA) is 69.7 Å². The minimum absolute atomic E-state index is 0.234. The van der Waals surface area contributed by atoms with Crippen molar-refractivity contribution in [3.8, 4) is 5.75 Å². The largest absolute Gasteiger partial charge is 0.508 e. The lowest BCUT2D eigenvalue weighted by Crippen LogP contribution is -2.38. The summed E-state index contributed by atoms with van der Waals surface area (Å²) in [7, 11) is 3.93. The lowest BCUT2D eigenvalue weighted by molar-refractivity contribution is 0.124. The Kier molecular flexibility index (Phi) is 5.41. The zero-order valence-electron chi connectivity index (χ0n) is 10.5. The van der Waals surface area contributed by atoms with Crippen LogP contribution in [0.4, 0.5) is 0 Å². The molecule has 0 aromatic heterocycles. The van der Waals surface area contributed by atoms with Crippen molar-refractivity contribution in [1.29, 1.82) is 0 Å². The van der Waals surface area contributed by atoms with Crippen LogP contribution in [-0.2, 0) is 6.42 Å². The molecule has 2 atom stereocenters. The van der Waals surface area contributed by atoms with Crippen molar-refractivity contribution in [2.45, 2.75) is 25.0 Å². The molecule has 0 aliphatic heterocycles. The van der Waals surface area contributed by atoms with E-state index in [1.165, 1.54) is 0 Å². The number of aromatic hydroxyl groups is 1. The maximum absolute atomic E-state index is 9.88. The fraction of sp³-hybridized carbons (Fsp3) is 0.538. The number of benzene rings is 1. The quantitative estimate of drug-likeness (QED) is 0.678. The molecule has 0 saturated carbocycles. The van der Waals surface area contributed by atoms with E-state index in [-0.39, 0.29) is 11.8 Å². The highest BCUT2D eigenvalue weighted by Gasteiger charge is 2.15. The highest BCUT2D eigenvalue weighted by atomic mass is 16.3. The first kappa shape index (κ1) is 14.0. The maximum atomic E-state index is 9.88. The van der Waals surface area contributed by atoms with E-state index in [4.69, 9.17) is 5.73 Å². The summed E-state index contributed by atoms with van der Waals surface area (Å²) in [6.07, 6.45) is 0.718. The predicted molar refractivity (Wildman–Crippen MR) is 69.0 cm³/mol. The number of hydrogen-bond acceptors (Lipinski definition) is 4. The Bertz CT molecular complexity index is 342. The normalized spacial score (nSPS) is 14.9. The molecule has 1 aromatic carbocycles. The fourth-order valence-electron chi connectivity index (χ4n) is 1.70. The molecule has 0 fully saturated rings. The number of phenols is 1. The van der Waals surface area contributed by atoms with Gasteiger partial charge in [0, 0.05) is 12.6 Å².